The minimum absolute atomic E-state index is 0.0660. The number of rotatable bonds is 10. The first-order valence-corrected chi connectivity index (χ1v) is 8.89. The highest BCUT2D eigenvalue weighted by atomic mass is 16.5. The second-order valence-corrected chi connectivity index (χ2v) is 7.12. The fraction of sp³-hybridized carbons (Fsp3) is 0.318. The molecule has 0 amide bonds. The van der Waals surface area contributed by atoms with Gasteiger partial charge < -0.3 is 20.1 Å². The number of benzene rings is 1. The Bertz CT molecular complexity index is 871. The Labute approximate surface area is 160 Å². The number of hydrogen-bond acceptors (Lipinski definition) is 4. The molecule has 1 aromatic heterocycles. The summed E-state index contributed by atoms with van der Waals surface area (Å²) >= 11 is 0. The molecular formula is C22H27N3O2. The lowest BCUT2D eigenvalue weighted by atomic mass is 9.94. The second kappa shape index (κ2) is 9.22. The molecule has 0 aliphatic rings. The van der Waals surface area contributed by atoms with Crippen LogP contribution in [0.15, 0.2) is 67.1 Å². The Morgan fingerprint density at radius 3 is 2.89 bits per heavy atom. The topological polar surface area (TPSA) is 81.1 Å². The summed E-state index contributed by atoms with van der Waals surface area (Å²) in [5, 5.41) is 23.7. The van der Waals surface area contributed by atoms with Crippen LogP contribution in [0.2, 0.25) is 0 Å². The minimum atomic E-state index is -0.716. The fourth-order valence-corrected chi connectivity index (χ4v) is 2.85. The van der Waals surface area contributed by atoms with E-state index < -0.39 is 6.10 Å². The van der Waals surface area contributed by atoms with Gasteiger partial charge in [-0.3, -0.25) is 0 Å². The smallest absolute Gasteiger partial charge is 0.136 e. The molecule has 0 aliphatic carbocycles. The van der Waals surface area contributed by atoms with E-state index in [0.717, 1.165) is 11.9 Å². The molecule has 0 saturated heterocycles. The van der Waals surface area contributed by atoms with E-state index in [-0.39, 0.29) is 17.7 Å². The summed E-state index contributed by atoms with van der Waals surface area (Å²) in [4.78, 5) is 3.29. The summed E-state index contributed by atoms with van der Waals surface area (Å²) in [6.45, 7) is 11.8. The van der Waals surface area contributed by atoms with Crippen LogP contribution in [0.3, 0.4) is 0 Å². The predicted molar refractivity (Wildman–Crippen MR) is 109 cm³/mol. The van der Waals surface area contributed by atoms with Crippen molar-refractivity contribution in [3.8, 4) is 6.07 Å². The van der Waals surface area contributed by atoms with Crippen molar-refractivity contribution in [1.82, 2.24) is 10.3 Å². The van der Waals surface area contributed by atoms with Crippen LogP contribution in [-0.2, 0) is 11.2 Å². The van der Waals surface area contributed by atoms with E-state index in [1.807, 2.05) is 24.4 Å². The quantitative estimate of drug-likeness (QED) is 0.341. The van der Waals surface area contributed by atoms with Crippen LogP contribution < -0.4 is 5.32 Å². The Morgan fingerprint density at radius 1 is 1.44 bits per heavy atom. The fourth-order valence-electron chi connectivity index (χ4n) is 2.85. The molecule has 2 rings (SSSR count). The molecule has 0 radical (unpaired) electrons. The number of aromatic nitrogens is 1. The standard InChI is InChI=1S/C22H27N3O2/c1-5-8-21(16(2)12-23)27-15-18(26)14-25-22(3,4)11-17-13-24-20-10-7-6-9-19(17)20/h5-10,13,18,24-26H,1-2,11,14-15H2,3-4H3/b21-8+. The average Bonchev–Trinajstić information content (AvgIpc) is 3.05. The normalized spacial score (nSPS) is 13.2. The summed E-state index contributed by atoms with van der Waals surface area (Å²) in [6.07, 6.45) is 5.22. The van der Waals surface area contributed by atoms with Crippen LogP contribution in [0, 0.1) is 11.3 Å². The lowest BCUT2D eigenvalue weighted by Crippen LogP contribution is -2.45. The van der Waals surface area contributed by atoms with E-state index >= 15 is 0 Å². The summed E-state index contributed by atoms with van der Waals surface area (Å²) in [5.74, 6) is 0.324. The van der Waals surface area contributed by atoms with Gasteiger partial charge >= 0.3 is 0 Å². The highest BCUT2D eigenvalue weighted by Crippen LogP contribution is 2.22. The first-order chi connectivity index (χ1) is 12.9. The van der Waals surface area contributed by atoms with Gasteiger partial charge in [0.2, 0.25) is 0 Å². The number of ether oxygens (including phenoxy) is 1. The number of aliphatic hydroxyl groups excluding tert-OH is 1. The molecule has 0 aliphatic heterocycles. The third kappa shape index (κ3) is 5.85. The first-order valence-electron chi connectivity index (χ1n) is 8.89. The molecule has 5 nitrogen and oxygen atoms in total. The SMILES string of the molecule is C=C/C=C(/OCC(O)CNC(C)(C)Cc1c[nH]c2ccccc12)C(=C)C#N. The molecule has 0 spiro atoms. The maximum Gasteiger partial charge on any atom is 0.136 e. The number of aliphatic hydroxyl groups is 1. The van der Waals surface area contributed by atoms with E-state index in [1.54, 1.807) is 6.08 Å². The van der Waals surface area contributed by atoms with Crippen molar-refractivity contribution in [2.75, 3.05) is 13.2 Å². The zero-order valence-corrected chi connectivity index (χ0v) is 16.0. The van der Waals surface area contributed by atoms with E-state index in [0.29, 0.717) is 12.3 Å². The largest absolute Gasteiger partial charge is 0.489 e. The van der Waals surface area contributed by atoms with Crippen LogP contribution in [0.25, 0.3) is 10.9 Å². The Kier molecular flexibility index (Phi) is 7.00. The number of aromatic amines is 1. The zero-order chi connectivity index (χ0) is 19.9. The highest BCUT2D eigenvalue weighted by molar-refractivity contribution is 5.83. The van der Waals surface area contributed by atoms with Gasteiger partial charge in [-0.15, -0.1) is 0 Å². The average molecular weight is 365 g/mol. The van der Waals surface area contributed by atoms with Crippen LogP contribution in [0.1, 0.15) is 19.4 Å². The van der Waals surface area contributed by atoms with Gasteiger partial charge in [0.15, 0.2) is 0 Å². The van der Waals surface area contributed by atoms with Gasteiger partial charge in [0.25, 0.3) is 0 Å². The molecule has 0 saturated carbocycles. The molecular weight excluding hydrogens is 338 g/mol. The van der Waals surface area contributed by atoms with Gasteiger partial charge in [-0.2, -0.15) is 5.26 Å². The maximum atomic E-state index is 10.2. The maximum absolute atomic E-state index is 10.2. The number of allylic oxidation sites excluding steroid dienone is 3. The molecule has 1 unspecified atom stereocenters. The van der Waals surface area contributed by atoms with Crippen molar-refractivity contribution in [1.29, 1.82) is 5.26 Å². The number of nitriles is 1. The number of β-amino-alcohol motifs (C(OH)–C–C–N with tert-alkyl or cyclic N) is 1. The number of para-hydroxylation sites is 1. The summed E-state index contributed by atoms with van der Waals surface area (Å²) in [6, 6.07) is 10.1. The van der Waals surface area contributed by atoms with Crippen LogP contribution in [-0.4, -0.2) is 34.9 Å². The molecule has 1 aromatic carbocycles. The first kappa shape index (κ1) is 20.5. The van der Waals surface area contributed by atoms with Gasteiger partial charge in [0.1, 0.15) is 24.5 Å². The number of fused-ring (bicyclic) bond motifs is 1. The van der Waals surface area contributed by atoms with Crippen LogP contribution >= 0.6 is 0 Å². The minimum Gasteiger partial charge on any atom is -0.489 e. The lowest BCUT2D eigenvalue weighted by Gasteiger charge is -2.28. The van der Waals surface area contributed by atoms with Gasteiger partial charge in [0, 0.05) is 29.2 Å². The number of hydrogen-bond donors (Lipinski definition) is 3. The zero-order valence-electron chi connectivity index (χ0n) is 16.0. The molecule has 5 heteroatoms. The van der Waals surface area contributed by atoms with Crippen LogP contribution in [0.4, 0.5) is 0 Å². The third-order valence-corrected chi connectivity index (χ3v) is 4.26. The molecule has 27 heavy (non-hydrogen) atoms. The van der Waals surface area contributed by atoms with Crippen molar-refractivity contribution in [2.24, 2.45) is 0 Å². The summed E-state index contributed by atoms with van der Waals surface area (Å²) in [5.41, 5.74) is 2.35. The molecule has 3 N–H and O–H groups in total. The molecule has 2 aromatic rings. The van der Waals surface area contributed by atoms with Gasteiger partial charge in [-0.05, 0) is 38.0 Å². The lowest BCUT2D eigenvalue weighted by molar-refractivity contribution is 0.0692. The molecule has 1 heterocycles. The molecule has 0 fully saturated rings. The number of nitrogens with zero attached hydrogens (tertiary/aromatic N) is 1. The van der Waals surface area contributed by atoms with E-state index in [9.17, 15) is 5.11 Å². The molecule has 1 atom stereocenters. The van der Waals surface area contributed by atoms with Crippen molar-refractivity contribution in [2.45, 2.75) is 31.9 Å². The van der Waals surface area contributed by atoms with E-state index in [2.05, 4.69) is 49.4 Å². The van der Waals surface area contributed by atoms with Crippen molar-refractivity contribution in [3.63, 3.8) is 0 Å². The number of nitrogens with one attached hydrogen (secondary N) is 2. The number of H-pyrrole nitrogens is 1. The van der Waals surface area contributed by atoms with Gasteiger partial charge in [0.05, 0.1) is 5.57 Å². The van der Waals surface area contributed by atoms with Crippen LogP contribution in [0.5, 0.6) is 0 Å². The van der Waals surface area contributed by atoms with E-state index in [1.165, 1.54) is 17.0 Å². The Hall–Kier alpha value is -2.81. The van der Waals surface area contributed by atoms with Gasteiger partial charge in [-0.25, -0.2) is 0 Å². The van der Waals surface area contributed by atoms with E-state index in [4.69, 9.17) is 10.00 Å². The Morgan fingerprint density at radius 2 is 2.19 bits per heavy atom. The summed E-state index contributed by atoms with van der Waals surface area (Å²) < 4.78 is 5.50. The van der Waals surface area contributed by atoms with Crippen molar-refractivity contribution < 1.29 is 9.84 Å². The molecule has 142 valence electrons. The summed E-state index contributed by atoms with van der Waals surface area (Å²) in [7, 11) is 0. The third-order valence-electron chi connectivity index (χ3n) is 4.26. The second-order valence-electron chi connectivity index (χ2n) is 7.12. The van der Waals surface area contributed by atoms with Crippen molar-refractivity contribution in [3.05, 3.63) is 72.7 Å². The highest BCUT2D eigenvalue weighted by Gasteiger charge is 2.21. The van der Waals surface area contributed by atoms with Gasteiger partial charge in [-0.1, -0.05) is 37.4 Å². The predicted octanol–water partition coefficient (Wildman–Crippen LogP) is 3.61. The monoisotopic (exact) mass is 365 g/mol. The Balaban J connectivity index is 1.88. The van der Waals surface area contributed by atoms with Crippen molar-refractivity contribution >= 4 is 10.9 Å². The molecule has 0 bridgehead atoms.